The fourth-order valence-electron chi connectivity index (χ4n) is 1.85. The van der Waals surface area contributed by atoms with Crippen molar-refractivity contribution in [3.8, 4) is 6.07 Å². The third-order valence-electron chi connectivity index (χ3n) is 3.61. The highest BCUT2D eigenvalue weighted by molar-refractivity contribution is 9.10. The summed E-state index contributed by atoms with van der Waals surface area (Å²) in [6.07, 6.45) is 1.81. The number of halogens is 1. The van der Waals surface area contributed by atoms with E-state index in [0.717, 1.165) is 23.0 Å². The molecule has 0 unspecified atom stereocenters. The summed E-state index contributed by atoms with van der Waals surface area (Å²) >= 11 is 3.37. The Hall–Kier alpha value is -1.05. The Labute approximate surface area is 117 Å². The summed E-state index contributed by atoms with van der Waals surface area (Å²) in [5, 5.41) is 21.9. The van der Waals surface area contributed by atoms with E-state index >= 15 is 0 Å². The minimum Gasteiger partial charge on any atom is -0.396 e. The molecule has 0 spiro atoms. The number of aliphatic hydroxyl groups is 1. The van der Waals surface area contributed by atoms with E-state index in [1.54, 1.807) is 0 Å². The number of rotatable bonds is 6. The maximum atomic E-state index is 9.52. The molecule has 4 heteroatoms. The van der Waals surface area contributed by atoms with Crippen molar-refractivity contribution in [3.05, 3.63) is 28.2 Å². The van der Waals surface area contributed by atoms with Crippen molar-refractivity contribution < 1.29 is 5.11 Å². The molecular weight excluding hydrogens is 292 g/mol. The Balaban J connectivity index is 2.87. The van der Waals surface area contributed by atoms with E-state index in [0.29, 0.717) is 12.1 Å². The van der Waals surface area contributed by atoms with Gasteiger partial charge in [0.05, 0.1) is 17.9 Å². The molecule has 0 aliphatic heterocycles. The largest absolute Gasteiger partial charge is 0.396 e. The molecule has 0 aliphatic rings. The fourth-order valence-corrected chi connectivity index (χ4v) is 2.30. The van der Waals surface area contributed by atoms with Gasteiger partial charge in [-0.1, -0.05) is 19.9 Å². The first-order chi connectivity index (χ1) is 8.62. The number of benzene rings is 1. The van der Waals surface area contributed by atoms with Crippen LogP contribution in [0.5, 0.6) is 0 Å². The lowest BCUT2D eigenvalue weighted by atomic mass is 9.83. The topological polar surface area (TPSA) is 56.0 Å². The second kappa shape index (κ2) is 6.77. The first kappa shape index (κ1) is 15.0. The van der Waals surface area contributed by atoms with Crippen LogP contribution in [0.1, 0.15) is 32.3 Å². The van der Waals surface area contributed by atoms with E-state index in [-0.39, 0.29) is 12.0 Å². The van der Waals surface area contributed by atoms with Crippen LogP contribution in [0.4, 0.5) is 5.69 Å². The van der Waals surface area contributed by atoms with Gasteiger partial charge in [-0.15, -0.1) is 0 Å². The smallest absolute Gasteiger partial charge is 0.103 e. The zero-order valence-corrected chi connectivity index (χ0v) is 12.4. The predicted octanol–water partition coefficient (Wildman–Crippen LogP) is 3.53. The molecule has 0 fully saturated rings. The fraction of sp³-hybridized carbons (Fsp3) is 0.500. The van der Waals surface area contributed by atoms with Crippen LogP contribution in [0.15, 0.2) is 22.7 Å². The lowest BCUT2D eigenvalue weighted by molar-refractivity contribution is 0.127. The molecule has 1 aromatic rings. The van der Waals surface area contributed by atoms with Crippen molar-refractivity contribution in [2.45, 2.75) is 26.7 Å². The van der Waals surface area contributed by atoms with Crippen LogP contribution in [-0.4, -0.2) is 18.3 Å². The molecule has 0 atom stereocenters. The molecule has 0 radical (unpaired) electrons. The van der Waals surface area contributed by atoms with Crippen LogP contribution in [-0.2, 0) is 0 Å². The second-order valence-electron chi connectivity index (χ2n) is 4.49. The van der Waals surface area contributed by atoms with E-state index in [2.05, 4.69) is 41.2 Å². The van der Waals surface area contributed by atoms with Crippen LogP contribution in [0.2, 0.25) is 0 Å². The zero-order valence-electron chi connectivity index (χ0n) is 10.8. The first-order valence-electron chi connectivity index (χ1n) is 6.15. The van der Waals surface area contributed by atoms with Gasteiger partial charge in [0.15, 0.2) is 0 Å². The maximum absolute atomic E-state index is 9.52. The van der Waals surface area contributed by atoms with Gasteiger partial charge in [-0.25, -0.2) is 0 Å². The summed E-state index contributed by atoms with van der Waals surface area (Å²) in [6.45, 7) is 4.98. The Kier molecular flexibility index (Phi) is 5.64. The van der Waals surface area contributed by atoms with Gasteiger partial charge < -0.3 is 10.4 Å². The molecule has 0 bridgehead atoms. The Bertz CT molecular complexity index is 428. The highest BCUT2D eigenvalue weighted by atomic mass is 79.9. The highest BCUT2D eigenvalue weighted by Gasteiger charge is 2.25. The summed E-state index contributed by atoms with van der Waals surface area (Å²) < 4.78 is 0.789. The average molecular weight is 311 g/mol. The van der Waals surface area contributed by atoms with Crippen molar-refractivity contribution in [1.29, 1.82) is 5.26 Å². The molecule has 1 aromatic carbocycles. The molecular formula is C14H19BrN2O. The molecule has 98 valence electrons. The third-order valence-corrected chi connectivity index (χ3v) is 4.28. The first-order valence-corrected chi connectivity index (χ1v) is 6.95. The molecule has 0 heterocycles. The molecule has 0 amide bonds. The molecule has 3 nitrogen and oxygen atoms in total. The van der Waals surface area contributed by atoms with Crippen LogP contribution < -0.4 is 5.32 Å². The van der Waals surface area contributed by atoms with Gasteiger partial charge in [0.1, 0.15) is 6.07 Å². The SMILES string of the molecule is CCC(CC)(CO)CNc1cccc(Br)c1C#N. The van der Waals surface area contributed by atoms with Crippen molar-refractivity contribution >= 4 is 21.6 Å². The van der Waals surface area contributed by atoms with Gasteiger partial charge in [-0.2, -0.15) is 5.26 Å². The summed E-state index contributed by atoms with van der Waals surface area (Å²) in [5.41, 5.74) is 1.30. The Morgan fingerprint density at radius 1 is 1.39 bits per heavy atom. The van der Waals surface area contributed by atoms with Crippen molar-refractivity contribution in [2.75, 3.05) is 18.5 Å². The molecule has 0 saturated carbocycles. The van der Waals surface area contributed by atoms with E-state index < -0.39 is 0 Å². The van der Waals surface area contributed by atoms with Gasteiger partial charge in [-0.3, -0.25) is 0 Å². The lowest BCUT2D eigenvalue weighted by Crippen LogP contribution is -2.32. The molecule has 1 rings (SSSR count). The second-order valence-corrected chi connectivity index (χ2v) is 5.35. The van der Waals surface area contributed by atoms with Crippen molar-refractivity contribution in [1.82, 2.24) is 0 Å². The van der Waals surface area contributed by atoms with Crippen LogP contribution in [0, 0.1) is 16.7 Å². The molecule has 18 heavy (non-hydrogen) atoms. The number of nitriles is 1. The van der Waals surface area contributed by atoms with Crippen LogP contribution in [0.3, 0.4) is 0 Å². The maximum Gasteiger partial charge on any atom is 0.103 e. The Morgan fingerprint density at radius 2 is 2.06 bits per heavy atom. The number of aliphatic hydroxyl groups excluding tert-OH is 1. The van der Waals surface area contributed by atoms with Crippen LogP contribution >= 0.6 is 15.9 Å². The number of hydrogen-bond acceptors (Lipinski definition) is 3. The molecule has 2 N–H and O–H groups in total. The standard InChI is InChI=1S/C14H19BrN2O/c1-3-14(4-2,10-18)9-17-13-7-5-6-12(15)11(13)8-16/h5-7,17-18H,3-4,9-10H2,1-2H3. The summed E-state index contributed by atoms with van der Waals surface area (Å²) in [7, 11) is 0. The van der Waals surface area contributed by atoms with Gasteiger partial charge in [0, 0.05) is 16.4 Å². The highest BCUT2D eigenvalue weighted by Crippen LogP contribution is 2.28. The van der Waals surface area contributed by atoms with Gasteiger partial charge in [-0.05, 0) is 40.9 Å². The predicted molar refractivity (Wildman–Crippen MR) is 77.4 cm³/mol. The van der Waals surface area contributed by atoms with Gasteiger partial charge in [0.2, 0.25) is 0 Å². The number of nitrogens with zero attached hydrogens (tertiary/aromatic N) is 1. The third kappa shape index (κ3) is 3.24. The Morgan fingerprint density at radius 3 is 2.56 bits per heavy atom. The molecule has 0 aromatic heterocycles. The van der Waals surface area contributed by atoms with Gasteiger partial charge in [0.25, 0.3) is 0 Å². The van der Waals surface area contributed by atoms with Gasteiger partial charge >= 0.3 is 0 Å². The van der Waals surface area contributed by atoms with E-state index in [4.69, 9.17) is 5.26 Å². The zero-order chi connectivity index (χ0) is 13.6. The molecule has 0 saturated heterocycles. The average Bonchev–Trinajstić information content (AvgIpc) is 2.41. The molecule has 0 aliphatic carbocycles. The van der Waals surface area contributed by atoms with E-state index in [9.17, 15) is 5.11 Å². The minimum absolute atomic E-state index is 0.116. The summed E-state index contributed by atoms with van der Waals surface area (Å²) in [5.74, 6) is 0. The quantitative estimate of drug-likeness (QED) is 0.845. The van der Waals surface area contributed by atoms with Crippen LogP contribution in [0.25, 0.3) is 0 Å². The number of anilines is 1. The van der Waals surface area contributed by atoms with Crippen molar-refractivity contribution in [3.63, 3.8) is 0 Å². The summed E-state index contributed by atoms with van der Waals surface area (Å²) in [6, 6.07) is 7.81. The van der Waals surface area contributed by atoms with Crippen molar-refractivity contribution in [2.24, 2.45) is 5.41 Å². The number of nitrogens with one attached hydrogen (secondary N) is 1. The normalized spacial score (nSPS) is 11.1. The van der Waals surface area contributed by atoms with E-state index in [1.807, 2.05) is 18.2 Å². The summed E-state index contributed by atoms with van der Waals surface area (Å²) in [4.78, 5) is 0. The minimum atomic E-state index is -0.116. The monoisotopic (exact) mass is 310 g/mol. The number of hydrogen-bond donors (Lipinski definition) is 2. The lowest BCUT2D eigenvalue weighted by Gasteiger charge is -2.30. The van der Waals surface area contributed by atoms with E-state index in [1.165, 1.54) is 0 Å².